The van der Waals surface area contributed by atoms with Crippen LogP contribution in [0.1, 0.15) is 18.9 Å². The molecule has 19 heavy (non-hydrogen) atoms. The lowest BCUT2D eigenvalue weighted by Crippen LogP contribution is -2.39. The van der Waals surface area contributed by atoms with Crippen LogP contribution in [0.15, 0.2) is 23.2 Å². The molecular formula is C14H19Cl2N3. The molecule has 3 nitrogen and oxygen atoms in total. The summed E-state index contributed by atoms with van der Waals surface area (Å²) in [5, 5.41) is 8.10. The second-order valence-electron chi connectivity index (χ2n) is 4.91. The number of hydrogen-bond donors (Lipinski definition) is 2. The maximum Gasteiger partial charge on any atom is 0.191 e. The lowest BCUT2D eigenvalue weighted by molar-refractivity contribution is 0.758. The number of benzene rings is 1. The monoisotopic (exact) mass is 299 g/mol. The van der Waals surface area contributed by atoms with E-state index >= 15 is 0 Å². The van der Waals surface area contributed by atoms with Gasteiger partial charge in [0.05, 0.1) is 0 Å². The van der Waals surface area contributed by atoms with Gasteiger partial charge in [0.25, 0.3) is 0 Å². The quantitative estimate of drug-likeness (QED) is 0.662. The second-order valence-corrected chi connectivity index (χ2v) is 5.73. The molecular weight excluding hydrogens is 281 g/mol. The van der Waals surface area contributed by atoms with Gasteiger partial charge in [-0.3, -0.25) is 4.99 Å². The summed E-state index contributed by atoms with van der Waals surface area (Å²) >= 11 is 12.3. The zero-order chi connectivity index (χ0) is 13.8. The molecule has 0 saturated heterocycles. The van der Waals surface area contributed by atoms with Crippen molar-refractivity contribution >= 4 is 29.2 Å². The highest BCUT2D eigenvalue weighted by Gasteiger charge is 2.33. The van der Waals surface area contributed by atoms with Gasteiger partial charge in [0, 0.05) is 29.7 Å². The number of guanidine groups is 1. The van der Waals surface area contributed by atoms with Gasteiger partial charge in [0.15, 0.2) is 5.96 Å². The molecule has 0 amide bonds. The maximum absolute atomic E-state index is 6.13. The molecule has 1 fully saturated rings. The fourth-order valence-electron chi connectivity index (χ4n) is 1.97. The molecule has 0 aromatic heterocycles. The maximum atomic E-state index is 6.13. The molecule has 0 aliphatic heterocycles. The minimum atomic E-state index is 0.565. The Kier molecular flexibility index (Phi) is 4.94. The Morgan fingerprint density at radius 2 is 2.00 bits per heavy atom. The van der Waals surface area contributed by atoms with Crippen molar-refractivity contribution in [2.45, 2.75) is 25.8 Å². The van der Waals surface area contributed by atoms with E-state index in [1.54, 1.807) is 7.05 Å². The number of nitrogens with one attached hydrogen (secondary N) is 2. The lowest BCUT2D eigenvalue weighted by Gasteiger charge is -2.12. The Bertz CT molecular complexity index is 454. The van der Waals surface area contributed by atoms with Crippen LogP contribution in [-0.2, 0) is 6.42 Å². The molecule has 2 unspecified atom stereocenters. The molecule has 0 spiro atoms. The Balaban J connectivity index is 1.82. The SMILES string of the molecule is CN=C(NCCc1c(Cl)cccc1Cl)NC1CC1C. The summed E-state index contributed by atoms with van der Waals surface area (Å²) in [6, 6.07) is 6.15. The average molecular weight is 300 g/mol. The van der Waals surface area contributed by atoms with Crippen LogP contribution in [0.4, 0.5) is 0 Å². The molecule has 1 aromatic carbocycles. The Morgan fingerprint density at radius 3 is 2.53 bits per heavy atom. The molecule has 0 bridgehead atoms. The van der Waals surface area contributed by atoms with Gasteiger partial charge in [-0.2, -0.15) is 0 Å². The van der Waals surface area contributed by atoms with E-state index in [4.69, 9.17) is 23.2 Å². The molecule has 2 atom stereocenters. The van der Waals surface area contributed by atoms with Crippen molar-refractivity contribution in [2.75, 3.05) is 13.6 Å². The number of nitrogens with zero attached hydrogens (tertiary/aromatic N) is 1. The molecule has 1 aliphatic carbocycles. The van der Waals surface area contributed by atoms with Crippen molar-refractivity contribution < 1.29 is 0 Å². The molecule has 2 rings (SSSR count). The van der Waals surface area contributed by atoms with Crippen LogP contribution in [0.3, 0.4) is 0 Å². The smallest absolute Gasteiger partial charge is 0.191 e. The van der Waals surface area contributed by atoms with E-state index in [0.29, 0.717) is 16.1 Å². The zero-order valence-corrected chi connectivity index (χ0v) is 12.7. The van der Waals surface area contributed by atoms with E-state index in [-0.39, 0.29) is 0 Å². The molecule has 1 aromatic rings. The van der Waals surface area contributed by atoms with Crippen LogP contribution in [0.2, 0.25) is 10.0 Å². The average Bonchev–Trinajstić information content (AvgIpc) is 3.07. The highest BCUT2D eigenvalue weighted by molar-refractivity contribution is 6.35. The minimum Gasteiger partial charge on any atom is -0.356 e. The summed E-state index contributed by atoms with van der Waals surface area (Å²) < 4.78 is 0. The fourth-order valence-corrected chi connectivity index (χ4v) is 2.56. The summed E-state index contributed by atoms with van der Waals surface area (Å²) in [7, 11) is 1.78. The van der Waals surface area contributed by atoms with Crippen molar-refractivity contribution in [2.24, 2.45) is 10.9 Å². The zero-order valence-electron chi connectivity index (χ0n) is 11.2. The van der Waals surface area contributed by atoms with E-state index < -0.39 is 0 Å². The van der Waals surface area contributed by atoms with Gasteiger partial charge >= 0.3 is 0 Å². The number of halogens is 2. The van der Waals surface area contributed by atoms with Gasteiger partial charge in [0.2, 0.25) is 0 Å². The largest absolute Gasteiger partial charge is 0.356 e. The van der Waals surface area contributed by atoms with Crippen LogP contribution in [-0.4, -0.2) is 25.6 Å². The molecule has 104 valence electrons. The third-order valence-electron chi connectivity index (χ3n) is 3.38. The Hall–Kier alpha value is -0.930. The molecule has 1 aliphatic rings. The van der Waals surface area contributed by atoms with Crippen LogP contribution < -0.4 is 10.6 Å². The molecule has 0 radical (unpaired) electrons. The molecule has 2 N–H and O–H groups in total. The van der Waals surface area contributed by atoms with Crippen LogP contribution in [0.5, 0.6) is 0 Å². The summed E-state index contributed by atoms with van der Waals surface area (Å²) in [5.41, 5.74) is 0.980. The summed E-state index contributed by atoms with van der Waals surface area (Å²) in [4.78, 5) is 4.21. The predicted molar refractivity (Wildman–Crippen MR) is 82.2 cm³/mol. The molecule has 0 heterocycles. The first-order valence-electron chi connectivity index (χ1n) is 6.52. The van der Waals surface area contributed by atoms with Gasteiger partial charge < -0.3 is 10.6 Å². The van der Waals surface area contributed by atoms with Crippen LogP contribution >= 0.6 is 23.2 Å². The normalized spacial score (nSPS) is 22.2. The van der Waals surface area contributed by atoms with E-state index in [1.165, 1.54) is 6.42 Å². The number of aliphatic imine (C=N–C) groups is 1. The lowest BCUT2D eigenvalue weighted by atomic mass is 10.1. The summed E-state index contributed by atoms with van der Waals surface area (Å²) in [6.07, 6.45) is 2.00. The van der Waals surface area contributed by atoms with Gasteiger partial charge in [0.1, 0.15) is 0 Å². The summed E-state index contributed by atoms with van der Waals surface area (Å²) in [6.45, 7) is 2.98. The standard InChI is InChI=1S/C14H19Cl2N3/c1-9-8-13(9)19-14(17-2)18-7-6-10-11(15)4-3-5-12(10)16/h3-5,9,13H,6-8H2,1-2H3,(H2,17,18,19). The first kappa shape index (κ1) is 14.5. The Morgan fingerprint density at radius 1 is 1.37 bits per heavy atom. The van der Waals surface area contributed by atoms with Crippen molar-refractivity contribution in [1.29, 1.82) is 0 Å². The first-order valence-corrected chi connectivity index (χ1v) is 7.27. The van der Waals surface area contributed by atoms with Gasteiger partial charge in [-0.15, -0.1) is 0 Å². The van der Waals surface area contributed by atoms with Crippen LogP contribution in [0.25, 0.3) is 0 Å². The van der Waals surface area contributed by atoms with Gasteiger partial charge in [-0.25, -0.2) is 0 Å². The highest BCUT2D eigenvalue weighted by Crippen LogP contribution is 2.28. The topological polar surface area (TPSA) is 36.4 Å². The second kappa shape index (κ2) is 6.49. The van der Waals surface area contributed by atoms with Gasteiger partial charge in [-0.1, -0.05) is 36.2 Å². The fraction of sp³-hybridized carbons (Fsp3) is 0.500. The Labute approximate surface area is 124 Å². The summed E-state index contributed by atoms with van der Waals surface area (Å²) in [5.74, 6) is 1.59. The van der Waals surface area contributed by atoms with Crippen molar-refractivity contribution in [3.05, 3.63) is 33.8 Å². The third-order valence-corrected chi connectivity index (χ3v) is 4.09. The van der Waals surface area contributed by atoms with Crippen molar-refractivity contribution in [3.8, 4) is 0 Å². The van der Waals surface area contributed by atoms with E-state index in [9.17, 15) is 0 Å². The predicted octanol–water partition coefficient (Wildman–Crippen LogP) is 3.11. The number of rotatable bonds is 4. The van der Waals surface area contributed by atoms with Crippen molar-refractivity contribution in [3.63, 3.8) is 0 Å². The first-order chi connectivity index (χ1) is 9.11. The van der Waals surface area contributed by atoms with E-state index in [0.717, 1.165) is 30.4 Å². The van der Waals surface area contributed by atoms with E-state index in [2.05, 4.69) is 22.5 Å². The van der Waals surface area contributed by atoms with Gasteiger partial charge in [-0.05, 0) is 36.5 Å². The highest BCUT2D eigenvalue weighted by atomic mass is 35.5. The van der Waals surface area contributed by atoms with Crippen LogP contribution in [0, 0.1) is 5.92 Å². The van der Waals surface area contributed by atoms with E-state index in [1.807, 2.05) is 18.2 Å². The number of hydrogen-bond acceptors (Lipinski definition) is 1. The molecule has 5 heteroatoms. The third kappa shape index (κ3) is 4.02. The van der Waals surface area contributed by atoms with Crippen molar-refractivity contribution in [1.82, 2.24) is 10.6 Å². The minimum absolute atomic E-state index is 0.565. The molecule has 1 saturated carbocycles.